The Bertz CT molecular complexity index is 524. The van der Waals surface area contributed by atoms with Crippen LogP contribution in [0.2, 0.25) is 0 Å². The van der Waals surface area contributed by atoms with Crippen LogP contribution >= 0.6 is 0 Å². The number of hydrogen-bond acceptors (Lipinski definition) is 2. The molecule has 0 spiro atoms. The van der Waals surface area contributed by atoms with Crippen molar-refractivity contribution in [2.24, 2.45) is 11.8 Å². The Morgan fingerprint density at radius 2 is 1.86 bits per heavy atom. The average Bonchev–Trinajstić information content (AvgIpc) is 3.33. The summed E-state index contributed by atoms with van der Waals surface area (Å²) < 4.78 is 0. The number of benzene rings is 1. The van der Waals surface area contributed by atoms with Crippen LogP contribution in [0.4, 0.5) is 0 Å². The lowest BCUT2D eigenvalue weighted by Gasteiger charge is -2.33. The van der Waals surface area contributed by atoms with E-state index in [-0.39, 0.29) is 11.8 Å². The monoisotopic (exact) mass is 287 g/mol. The number of carboxylic acid groups (broad SMARTS) is 1. The van der Waals surface area contributed by atoms with Crippen molar-refractivity contribution < 1.29 is 14.7 Å². The predicted molar refractivity (Wildman–Crippen MR) is 78.8 cm³/mol. The smallest absolute Gasteiger partial charge is 0.308 e. The first-order valence-corrected chi connectivity index (χ1v) is 7.73. The fourth-order valence-electron chi connectivity index (χ4n) is 3.28. The molecule has 4 heteroatoms. The number of carbonyl (C=O) groups excluding carboxylic acids is 1. The number of piperidine rings is 1. The van der Waals surface area contributed by atoms with Gasteiger partial charge in [0.1, 0.15) is 0 Å². The Hall–Kier alpha value is -1.84. The maximum Gasteiger partial charge on any atom is 0.308 e. The maximum atomic E-state index is 12.9. The molecule has 0 bridgehead atoms. The van der Waals surface area contributed by atoms with Crippen molar-refractivity contribution >= 4 is 11.9 Å². The number of nitrogens with zero attached hydrogens (tertiary/aromatic N) is 1. The summed E-state index contributed by atoms with van der Waals surface area (Å²) >= 11 is 0. The highest BCUT2D eigenvalue weighted by molar-refractivity contribution is 5.85. The van der Waals surface area contributed by atoms with E-state index in [1.165, 1.54) is 0 Å². The number of carbonyl (C=O) groups is 2. The Labute approximate surface area is 124 Å². The standard InChI is InChI=1S/C17H21NO3/c19-16(18-10-4-7-14(11-18)17(20)21)15(13-8-9-13)12-5-2-1-3-6-12/h1-3,5-6,13-15H,4,7-11H2,(H,20,21)/t14-,15?/m0/s1. The number of aliphatic carboxylic acids is 1. The summed E-state index contributed by atoms with van der Waals surface area (Å²) in [5.74, 6) is -0.716. The normalized spacial score (nSPS) is 23.6. The van der Waals surface area contributed by atoms with Crippen LogP contribution in [0, 0.1) is 11.8 Å². The molecule has 2 atom stereocenters. The van der Waals surface area contributed by atoms with Crippen LogP contribution < -0.4 is 0 Å². The van der Waals surface area contributed by atoms with E-state index in [1.54, 1.807) is 4.90 Å². The molecule has 1 aromatic carbocycles. The highest BCUT2D eigenvalue weighted by atomic mass is 16.4. The zero-order valence-corrected chi connectivity index (χ0v) is 12.1. The molecule has 2 fully saturated rings. The van der Waals surface area contributed by atoms with Crippen molar-refractivity contribution in [1.82, 2.24) is 4.90 Å². The van der Waals surface area contributed by atoms with Gasteiger partial charge < -0.3 is 10.0 Å². The first kappa shape index (κ1) is 14.1. The Morgan fingerprint density at radius 1 is 1.14 bits per heavy atom. The van der Waals surface area contributed by atoms with Gasteiger partial charge in [-0.2, -0.15) is 0 Å². The Kier molecular flexibility index (Phi) is 3.95. The quantitative estimate of drug-likeness (QED) is 0.925. The average molecular weight is 287 g/mol. The third-order valence-electron chi connectivity index (χ3n) is 4.60. The van der Waals surface area contributed by atoms with Crippen LogP contribution in [0.25, 0.3) is 0 Å². The molecule has 112 valence electrons. The molecular formula is C17H21NO3. The highest BCUT2D eigenvalue weighted by Crippen LogP contribution is 2.44. The predicted octanol–water partition coefficient (Wildman–Crippen LogP) is 2.50. The molecule has 2 aliphatic rings. The molecule has 1 amide bonds. The molecule has 0 aromatic heterocycles. The van der Waals surface area contributed by atoms with Gasteiger partial charge in [0.2, 0.25) is 5.91 Å². The lowest BCUT2D eigenvalue weighted by Crippen LogP contribution is -2.44. The summed E-state index contributed by atoms with van der Waals surface area (Å²) in [5.41, 5.74) is 1.07. The summed E-state index contributed by atoms with van der Waals surface area (Å²) in [6.45, 7) is 1.06. The van der Waals surface area contributed by atoms with Crippen molar-refractivity contribution in [3.63, 3.8) is 0 Å². The van der Waals surface area contributed by atoms with Gasteiger partial charge in [0.05, 0.1) is 11.8 Å². The number of hydrogen-bond donors (Lipinski definition) is 1. The van der Waals surface area contributed by atoms with E-state index in [0.29, 0.717) is 25.4 Å². The van der Waals surface area contributed by atoms with Crippen LogP contribution in [-0.4, -0.2) is 35.0 Å². The maximum absolute atomic E-state index is 12.9. The van der Waals surface area contributed by atoms with Crippen molar-refractivity contribution in [3.8, 4) is 0 Å². The Balaban J connectivity index is 1.77. The zero-order chi connectivity index (χ0) is 14.8. The number of amides is 1. The van der Waals surface area contributed by atoms with Crippen LogP contribution in [0.1, 0.15) is 37.2 Å². The van der Waals surface area contributed by atoms with Crippen LogP contribution in [-0.2, 0) is 9.59 Å². The zero-order valence-electron chi connectivity index (χ0n) is 12.1. The van der Waals surface area contributed by atoms with Crippen molar-refractivity contribution in [1.29, 1.82) is 0 Å². The second-order valence-electron chi connectivity index (χ2n) is 6.19. The molecule has 4 nitrogen and oxygen atoms in total. The van der Waals surface area contributed by atoms with Gasteiger partial charge in [-0.1, -0.05) is 30.3 Å². The lowest BCUT2D eigenvalue weighted by atomic mass is 9.90. The van der Waals surface area contributed by atoms with E-state index in [9.17, 15) is 14.7 Å². The third kappa shape index (κ3) is 3.09. The van der Waals surface area contributed by atoms with Crippen molar-refractivity contribution in [3.05, 3.63) is 35.9 Å². The van der Waals surface area contributed by atoms with Gasteiger partial charge >= 0.3 is 5.97 Å². The lowest BCUT2D eigenvalue weighted by molar-refractivity contribution is -0.146. The molecule has 1 aromatic rings. The molecule has 1 aliphatic carbocycles. The van der Waals surface area contributed by atoms with Gasteiger partial charge in [-0.25, -0.2) is 0 Å². The minimum absolute atomic E-state index is 0.0845. The molecule has 3 rings (SSSR count). The number of carboxylic acids is 1. The van der Waals surface area contributed by atoms with E-state index < -0.39 is 11.9 Å². The summed E-state index contributed by atoms with van der Waals surface area (Å²) in [7, 11) is 0. The number of rotatable bonds is 4. The van der Waals surface area contributed by atoms with E-state index in [0.717, 1.165) is 24.8 Å². The molecule has 1 heterocycles. The molecule has 21 heavy (non-hydrogen) atoms. The molecular weight excluding hydrogens is 266 g/mol. The largest absolute Gasteiger partial charge is 0.481 e. The minimum atomic E-state index is -0.782. The van der Waals surface area contributed by atoms with Gasteiger partial charge in [-0.3, -0.25) is 9.59 Å². The van der Waals surface area contributed by atoms with E-state index in [4.69, 9.17) is 0 Å². The fourth-order valence-corrected chi connectivity index (χ4v) is 3.28. The molecule has 0 radical (unpaired) electrons. The molecule has 1 saturated heterocycles. The second kappa shape index (κ2) is 5.88. The van der Waals surface area contributed by atoms with E-state index >= 15 is 0 Å². The summed E-state index contributed by atoms with van der Waals surface area (Å²) in [4.78, 5) is 25.8. The van der Waals surface area contributed by atoms with Gasteiger partial charge in [0.15, 0.2) is 0 Å². The summed E-state index contributed by atoms with van der Waals surface area (Å²) in [5, 5.41) is 9.18. The summed E-state index contributed by atoms with van der Waals surface area (Å²) in [6, 6.07) is 9.92. The third-order valence-corrected chi connectivity index (χ3v) is 4.60. The van der Waals surface area contributed by atoms with Crippen LogP contribution in [0.15, 0.2) is 30.3 Å². The van der Waals surface area contributed by atoms with Crippen molar-refractivity contribution in [2.75, 3.05) is 13.1 Å². The Morgan fingerprint density at radius 3 is 2.48 bits per heavy atom. The van der Waals surface area contributed by atoms with Gasteiger partial charge in [-0.15, -0.1) is 0 Å². The topological polar surface area (TPSA) is 57.6 Å². The first-order valence-electron chi connectivity index (χ1n) is 7.73. The van der Waals surface area contributed by atoms with E-state index in [2.05, 4.69) is 0 Å². The van der Waals surface area contributed by atoms with Crippen molar-refractivity contribution in [2.45, 2.75) is 31.6 Å². The first-order chi connectivity index (χ1) is 10.2. The molecule has 1 unspecified atom stereocenters. The van der Waals surface area contributed by atoms with Crippen LogP contribution in [0.3, 0.4) is 0 Å². The molecule has 1 N–H and O–H groups in total. The van der Waals surface area contributed by atoms with Gasteiger partial charge in [-0.05, 0) is 37.2 Å². The molecule has 1 aliphatic heterocycles. The van der Waals surface area contributed by atoms with Crippen LogP contribution in [0.5, 0.6) is 0 Å². The second-order valence-corrected chi connectivity index (χ2v) is 6.19. The highest BCUT2D eigenvalue weighted by Gasteiger charge is 2.40. The minimum Gasteiger partial charge on any atom is -0.481 e. The summed E-state index contributed by atoms with van der Waals surface area (Å²) in [6.07, 6.45) is 3.66. The number of likely N-dealkylation sites (tertiary alicyclic amines) is 1. The molecule has 1 saturated carbocycles. The fraction of sp³-hybridized carbons (Fsp3) is 0.529. The van der Waals surface area contributed by atoms with Gasteiger partial charge in [0.25, 0.3) is 0 Å². The van der Waals surface area contributed by atoms with E-state index in [1.807, 2.05) is 30.3 Å². The SMILES string of the molecule is O=C(O)[C@H]1CCCN(C(=O)C(c2ccccc2)C2CC2)C1. The van der Waals surface area contributed by atoms with Gasteiger partial charge in [0, 0.05) is 13.1 Å².